The Bertz CT molecular complexity index is 494. The molecule has 0 radical (unpaired) electrons. The van der Waals surface area contributed by atoms with Gasteiger partial charge in [-0.15, -0.1) is 0 Å². The predicted octanol–water partition coefficient (Wildman–Crippen LogP) is 6.11. The summed E-state index contributed by atoms with van der Waals surface area (Å²) in [4.78, 5) is 0. The van der Waals surface area contributed by atoms with Crippen LogP contribution in [0.1, 0.15) is 51.0 Å². The van der Waals surface area contributed by atoms with E-state index in [1.165, 1.54) is 19.3 Å². The highest BCUT2D eigenvalue weighted by Crippen LogP contribution is 2.29. The first-order valence-corrected chi connectivity index (χ1v) is 8.83. The zero-order valence-electron chi connectivity index (χ0n) is 13.1. The highest BCUT2D eigenvalue weighted by molar-refractivity contribution is 6.35. The van der Waals surface area contributed by atoms with E-state index in [2.05, 4.69) is 6.92 Å². The van der Waals surface area contributed by atoms with Gasteiger partial charge in [-0.05, 0) is 36.6 Å². The molecule has 2 rings (SSSR count). The van der Waals surface area contributed by atoms with Crippen molar-refractivity contribution < 1.29 is 9.47 Å². The predicted molar refractivity (Wildman–Crippen MR) is 93.5 cm³/mol. The fourth-order valence-electron chi connectivity index (χ4n) is 2.57. The van der Waals surface area contributed by atoms with Crippen LogP contribution < -0.4 is 0 Å². The first kappa shape index (κ1) is 17.8. The topological polar surface area (TPSA) is 18.5 Å². The van der Waals surface area contributed by atoms with Crippen LogP contribution in [-0.4, -0.2) is 19.0 Å². The molecule has 0 aliphatic carbocycles. The number of unbranched alkanes of at least 4 members (excludes halogenated alkanes) is 3. The molecule has 0 atom stereocenters. The van der Waals surface area contributed by atoms with E-state index in [0.29, 0.717) is 10.0 Å². The Morgan fingerprint density at radius 3 is 2.59 bits per heavy atom. The molecule has 1 fully saturated rings. The van der Waals surface area contributed by atoms with Crippen molar-refractivity contribution in [2.45, 2.75) is 51.2 Å². The summed E-state index contributed by atoms with van der Waals surface area (Å²) in [6.07, 6.45) is 10.6. The van der Waals surface area contributed by atoms with Crippen molar-refractivity contribution in [3.63, 3.8) is 0 Å². The van der Waals surface area contributed by atoms with Crippen molar-refractivity contribution in [2.24, 2.45) is 0 Å². The van der Waals surface area contributed by atoms with Crippen LogP contribution in [-0.2, 0) is 9.47 Å². The van der Waals surface area contributed by atoms with E-state index >= 15 is 0 Å². The Hall–Kier alpha value is -0.540. The first-order chi connectivity index (χ1) is 10.7. The van der Waals surface area contributed by atoms with Gasteiger partial charge in [0, 0.05) is 16.5 Å². The normalized spacial score (nSPS) is 18.0. The van der Waals surface area contributed by atoms with Crippen LogP contribution >= 0.6 is 23.2 Å². The molecule has 1 saturated heterocycles. The SMILES string of the molecule is CCCCCCC1(/C=C\c2ccc(Cl)cc2Cl)OCCCO1. The lowest BCUT2D eigenvalue weighted by Crippen LogP contribution is -2.38. The summed E-state index contributed by atoms with van der Waals surface area (Å²) in [6.45, 7) is 3.70. The van der Waals surface area contributed by atoms with Crippen molar-refractivity contribution in [3.8, 4) is 0 Å². The third-order valence-corrected chi connectivity index (χ3v) is 4.40. The van der Waals surface area contributed by atoms with Crippen LogP contribution in [0, 0.1) is 0 Å². The highest BCUT2D eigenvalue weighted by atomic mass is 35.5. The lowest BCUT2D eigenvalue weighted by Gasteiger charge is -2.35. The molecule has 22 heavy (non-hydrogen) atoms. The van der Waals surface area contributed by atoms with Crippen molar-refractivity contribution in [3.05, 3.63) is 39.9 Å². The molecular weight excluding hydrogens is 319 g/mol. The summed E-state index contributed by atoms with van der Waals surface area (Å²) in [5.74, 6) is -0.602. The third kappa shape index (κ3) is 5.27. The molecule has 1 aliphatic heterocycles. The first-order valence-electron chi connectivity index (χ1n) is 8.07. The lowest BCUT2D eigenvalue weighted by atomic mass is 10.0. The Balaban J connectivity index is 2.06. The summed E-state index contributed by atoms with van der Waals surface area (Å²) in [5.41, 5.74) is 0.928. The average molecular weight is 343 g/mol. The van der Waals surface area contributed by atoms with Gasteiger partial charge in [-0.2, -0.15) is 0 Å². The molecule has 122 valence electrons. The maximum atomic E-state index is 6.22. The van der Waals surface area contributed by atoms with E-state index in [4.69, 9.17) is 32.7 Å². The van der Waals surface area contributed by atoms with Gasteiger partial charge in [-0.3, -0.25) is 0 Å². The van der Waals surface area contributed by atoms with Crippen LogP contribution in [0.4, 0.5) is 0 Å². The number of ether oxygens (including phenoxy) is 2. The molecule has 2 nitrogen and oxygen atoms in total. The molecule has 0 aromatic heterocycles. The van der Waals surface area contributed by atoms with Gasteiger partial charge in [-0.25, -0.2) is 0 Å². The van der Waals surface area contributed by atoms with E-state index in [1.54, 1.807) is 6.07 Å². The smallest absolute Gasteiger partial charge is 0.188 e. The highest BCUT2D eigenvalue weighted by Gasteiger charge is 2.31. The van der Waals surface area contributed by atoms with Gasteiger partial charge >= 0.3 is 0 Å². The number of halogens is 2. The summed E-state index contributed by atoms with van der Waals surface area (Å²) in [5, 5.41) is 1.28. The number of rotatable bonds is 7. The van der Waals surface area contributed by atoms with Gasteiger partial charge in [0.25, 0.3) is 0 Å². The Kier molecular flexibility index (Phi) is 7.23. The molecule has 1 heterocycles. The zero-order valence-corrected chi connectivity index (χ0v) is 14.6. The van der Waals surface area contributed by atoms with Gasteiger partial charge < -0.3 is 9.47 Å². The molecule has 0 saturated carbocycles. The van der Waals surface area contributed by atoms with Crippen molar-refractivity contribution in [1.82, 2.24) is 0 Å². The van der Waals surface area contributed by atoms with Crippen LogP contribution in [0.25, 0.3) is 6.08 Å². The van der Waals surface area contributed by atoms with Crippen molar-refractivity contribution >= 4 is 29.3 Å². The van der Waals surface area contributed by atoms with E-state index in [-0.39, 0.29) is 0 Å². The maximum Gasteiger partial charge on any atom is 0.188 e. The van der Waals surface area contributed by atoms with E-state index in [9.17, 15) is 0 Å². The molecule has 0 bridgehead atoms. The summed E-state index contributed by atoms with van der Waals surface area (Å²) in [7, 11) is 0. The van der Waals surface area contributed by atoms with Gasteiger partial charge in [0.1, 0.15) is 0 Å². The zero-order chi connectivity index (χ0) is 15.8. The number of benzene rings is 1. The minimum atomic E-state index is -0.602. The summed E-state index contributed by atoms with van der Waals surface area (Å²) >= 11 is 12.2. The van der Waals surface area contributed by atoms with Crippen LogP contribution in [0.2, 0.25) is 10.0 Å². The monoisotopic (exact) mass is 342 g/mol. The van der Waals surface area contributed by atoms with Gasteiger partial charge in [0.15, 0.2) is 5.79 Å². The fourth-order valence-corrected chi connectivity index (χ4v) is 3.04. The van der Waals surface area contributed by atoms with Crippen LogP contribution in [0.3, 0.4) is 0 Å². The van der Waals surface area contributed by atoms with E-state index < -0.39 is 5.79 Å². The lowest BCUT2D eigenvalue weighted by molar-refractivity contribution is -0.239. The standard InChI is InChI=1S/C18H24Cl2O2/c1-2-3-4-5-10-18(21-12-6-13-22-18)11-9-15-7-8-16(19)14-17(15)20/h7-9,11,14H,2-6,10,12-13H2,1H3/b11-9-. The van der Waals surface area contributed by atoms with Crippen LogP contribution in [0.5, 0.6) is 0 Å². The largest absolute Gasteiger partial charge is 0.346 e. The molecule has 4 heteroatoms. The second-order valence-electron chi connectivity index (χ2n) is 5.67. The van der Waals surface area contributed by atoms with Gasteiger partial charge in [0.2, 0.25) is 0 Å². The molecule has 0 amide bonds. The minimum absolute atomic E-state index is 0.602. The molecule has 1 aromatic carbocycles. The number of hydrogen-bond acceptors (Lipinski definition) is 2. The van der Waals surface area contributed by atoms with Crippen LogP contribution in [0.15, 0.2) is 24.3 Å². The molecule has 0 spiro atoms. The Morgan fingerprint density at radius 2 is 1.91 bits per heavy atom. The third-order valence-electron chi connectivity index (χ3n) is 3.84. The molecule has 1 aromatic rings. The maximum absolute atomic E-state index is 6.22. The summed E-state index contributed by atoms with van der Waals surface area (Å²) in [6, 6.07) is 5.50. The fraction of sp³-hybridized carbons (Fsp3) is 0.556. The van der Waals surface area contributed by atoms with Crippen molar-refractivity contribution in [1.29, 1.82) is 0 Å². The molecule has 1 aliphatic rings. The Labute approximate surface area is 143 Å². The van der Waals surface area contributed by atoms with E-state index in [1.807, 2.05) is 24.3 Å². The van der Waals surface area contributed by atoms with Gasteiger partial charge in [0.05, 0.1) is 13.2 Å². The summed E-state index contributed by atoms with van der Waals surface area (Å²) < 4.78 is 11.9. The Morgan fingerprint density at radius 1 is 1.14 bits per heavy atom. The van der Waals surface area contributed by atoms with Gasteiger partial charge in [-0.1, -0.05) is 61.5 Å². The molecular formula is C18H24Cl2O2. The second-order valence-corrected chi connectivity index (χ2v) is 6.52. The molecule has 0 unspecified atom stereocenters. The van der Waals surface area contributed by atoms with E-state index in [0.717, 1.165) is 38.0 Å². The minimum Gasteiger partial charge on any atom is -0.346 e. The quantitative estimate of drug-likeness (QED) is 0.556. The number of hydrogen-bond donors (Lipinski definition) is 0. The second kappa shape index (κ2) is 8.93. The van der Waals surface area contributed by atoms with Crippen molar-refractivity contribution in [2.75, 3.05) is 13.2 Å². The molecule has 0 N–H and O–H groups in total. The average Bonchev–Trinajstić information content (AvgIpc) is 2.52.